The largest absolute Gasteiger partial charge is 0.495 e. The highest BCUT2D eigenvalue weighted by atomic mass is 35.5. The third kappa shape index (κ3) is 1.83. The van der Waals surface area contributed by atoms with Gasteiger partial charge in [0.1, 0.15) is 5.75 Å². The van der Waals surface area contributed by atoms with Crippen LogP contribution in [0, 0.1) is 0 Å². The second kappa shape index (κ2) is 3.95. The zero-order chi connectivity index (χ0) is 10.8. The van der Waals surface area contributed by atoms with Crippen LogP contribution in [0.2, 0.25) is 5.02 Å². The molecule has 3 nitrogen and oxygen atoms in total. The molecule has 0 saturated carbocycles. The van der Waals surface area contributed by atoms with Gasteiger partial charge in [-0.05, 0) is 24.3 Å². The Morgan fingerprint density at radius 3 is 2.67 bits per heavy atom. The van der Waals surface area contributed by atoms with Crippen LogP contribution >= 0.6 is 11.6 Å². The normalized spacial score (nSPS) is 10.3. The summed E-state index contributed by atoms with van der Waals surface area (Å²) in [4.78, 5) is 0. The van der Waals surface area contributed by atoms with Crippen LogP contribution in [0.25, 0.3) is 11.3 Å². The molecular formula is C11H11ClN2O. The molecule has 1 heterocycles. The second-order valence-corrected chi connectivity index (χ2v) is 3.60. The summed E-state index contributed by atoms with van der Waals surface area (Å²) in [6.45, 7) is 0. The molecule has 0 radical (unpaired) electrons. The highest BCUT2D eigenvalue weighted by Gasteiger charge is 2.06. The Bertz CT molecular complexity index is 479. The molecule has 0 saturated heterocycles. The predicted octanol–water partition coefficient (Wildman–Crippen LogP) is 2.75. The first kappa shape index (κ1) is 10.1. The molecule has 0 bridgehead atoms. The van der Waals surface area contributed by atoms with E-state index in [1.54, 1.807) is 18.0 Å². The quantitative estimate of drug-likeness (QED) is 0.781. The van der Waals surface area contributed by atoms with Gasteiger partial charge in [-0.15, -0.1) is 0 Å². The Morgan fingerprint density at radius 1 is 1.33 bits per heavy atom. The number of halogens is 1. The summed E-state index contributed by atoms with van der Waals surface area (Å²) >= 11 is 6.04. The van der Waals surface area contributed by atoms with Gasteiger partial charge in [-0.1, -0.05) is 11.6 Å². The van der Waals surface area contributed by atoms with Crippen molar-refractivity contribution < 1.29 is 4.74 Å². The van der Waals surface area contributed by atoms with Gasteiger partial charge in [0.15, 0.2) is 0 Å². The summed E-state index contributed by atoms with van der Waals surface area (Å²) in [6, 6.07) is 7.63. The van der Waals surface area contributed by atoms with Crippen molar-refractivity contribution in [3.8, 4) is 17.0 Å². The lowest BCUT2D eigenvalue weighted by atomic mass is 10.1. The number of methoxy groups -OCH3 is 1. The van der Waals surface area contributed by atoms with E-state index in [1.165, 1.54) is 0 Å². The van der Waals surface area contributed by atoms with Gasteiger partial charge in [-0.2, -0.15) is 5.10 Å². The second-order valence-electron chi connectivity index (χ2n) is 3.19. The number of aromatic nitrogens is 2. The van der Waals surface area contributed by atoms with E-state index in [0.29, 0.717) is 10.8 Å². The topological polar surface area (TPSA) is 27.1 Å². The van der Waals surface area contributed by atoms with Gasteiger partial charge in [0.25, 0.3) is 0 Å². The molecule has 0 atom stereocenters. The number of benzene rings is 1. The van der Waals surface area contributed by atoms with E-state index in [1.807, 2.05) is 31.3 Å². The maximum Gasteiger partial charge on any atom is 0.137 e. The van der Waals surface area contributed by atoms with Gasteiger partial charge in [0, 0.05) is 18.8 Å². The summed E-state index contributed by atoms with van der Waals surface area (Å²) in [7, 11) is 3.50. The number of rotatable bonds is 2. The van der Waals surface area contributed by atoms with Gasteiger partial charge >= 0.3 is 0 Å². The van der Waals surface area contributed by atoms with Crippen molar-refractivity contribution in [3.63, 3.8) is 0 Å². The molecule has 0 fully saturated rings. The third-order valence-corrected chi connectivity index (χ3v) is 2.56. The fourth-order valence-electron chi connectivity index (χ4n) is 1.48. The van der Waals surface area contributed by atoms with Gasteiger partial charge in [0.2, 0.25) is 0 Å². The van der Waals surface area contributed by atoms with Crippen LogP contribution < -0.4 is 4.74 Å². The number of hydrogen-bond donors (Lipinski definition) is 0. The Hall–Kier alpha value is -1.48. The standard InChI is InChI=1S/C11H11ClN2O/c1-14-10(5-6-13-14)8-3-4-11(15-2)9(12)7-8/h3-7H,1-2H3. The van der Waals surface area contributed by atoms with E-state index < -0.39 is 0 Å². The van der Waals surface area contributed by atoms with Gasteiger partial charge in [-0.25, -0.2) is 0 Å². The first-order valence-electron chi connectivity index (χ1n) is 4.54. The van der Waals surface area contributed by atoms with Crippen molar-refractivity contribution in [2.24, 2.45) is 7.05 Å². The molecule has 78 valence electrons. The predicted molar refractivity (Wildman–Crippen MR) is 60.2 cm³/mol. The highest BCUT2D eigenvalue weighted by molar-refractivity contribution is 6.32. The van der Waals surface area contributed by atoms with Gasteiger partial charge < -0.3 is 4.74 Å². The maximum absolute atomic E-state index is 6.04. The van der Waals surface area contributed by atoms with E-state index in [0.717, 1.165) is 11.3 Å². The lowest BCUT2D eigenvalue weighted by Gasteiger charge is -2.06. The van der Waals surface area contributed by atoms with Crippen LogP contribution in [0.1, 0.15) is 0 Å². The van der Waals surface area contributed by atoms with E-state index >= 15 is 0 Å². The Balaban J connectivity index is 2.47. The van der Waals surface area contributed by atoms with Gasteiger partial charge in [0.05, 0.1) is 17.8 Å². The monoisotopic (exact) mass is 222 g/mol. The average molecular weight is 223 g/mol. The Labute approximate surface area is 93.2 Å². The van der Waals surface area contributed by atoms with Crippen LogP contribution in [-0.4, -0.2) is 16.9 Å². The molecule has 2 aromatic rings. The van der Waals surface area contributed by atoms with E-state index in [9.17, 15) is 0 Å². The Kier molecular flexibility index (Phi) is 2.64. The highest BCUT2D eigenvalue weighted by Crippen LogP contribution is 2.29. The first-order valence-corrected chi connectivity index (χ1v) is 4.92. The average Bonchev–Trinajstić information content (AvgIpc) is 2.64. The van der Waals surface area contributed by atoms with E-state index in [2.05, 4.69) is 5.10 Å². The zero-order valence-electron chi connectivity index (χ0n) is 8.57. The van der Waals surface area contributed by atoms with Crippen molar-refractivity contribution in [2.45, 2.75) is 0 Å². The molecule has 0 amide bonds. The summed E-state index contributed by atoms with van der Waals surface area (Å²) in [5.74, 6) is 0.683. The van der Waals surface area contributed by atoms with Crippen molar-refractivity contribution in [3.05, 3.63) is 35.5 Å². The van der Waals surface area contributed by atoms with Crippen molar-refractivity contribution in [1.29, 1.82) is 0 Å². The van der Waals surface area contributed by atoms with E-state index in [-0.39, 0.29) is 0 Å². The fourth-order valence-corrected chi connectivity index (χ4v) is 1.74. The molecule has 0 aliphatic rings. The summed E-state index contributed by atoms with van der Waals surface area (Å²) in [6.07, 6.45) is 1.76. The molecule has 0 unspecified atom stereocenters. The van der Waals surface area contributed by atoms with Crippen molar-refractivity contribution in [2.75, 3.05) is 7.11 Å². The summed E-state index contributed by atoms with van der Waals surface area (Å²) < 4.78 is 6.90. The number of hydrogen-bond acceptors (Lipinski definition) is 2. The van der Waals surface area contributed by atoms with E-state index in [4.69, 9.17) is 16.3 Å². The molecule has 0 aliphatic heterocycles. The summed E-state index contributed by atoms with van der Waals surface area (Å²) in [5.41, 5.74) is 2.06. The van der Waals surface area contributed by atoms with Crippen LogP contribution in [0.4, 0.5) is 0 Å². The molecule has 4 heteroatoms. The van der Waals surface area contributed by atoms with Crippen molar-refractivity contribution in [1.82, 2.24) is 9.78 Å². The fraction of sp³-hybridized carbons (Fsp3) is 0.182. The zero-order valence-corrected chi connectivity index (χ0v) is 9.32. The lowest BCUT2D eigenvalue weighted by Crippen LogP contribution is -1.93. The molecule has 15 heavy (non-hydrogen) atoms. The Morgan fingerprint density at radius 2 is 2.13 bits per heavy atom. The minimum absolute atomic E-state index is 0.608. The number of aryl methyl sites for hydroxylation is 1. The van der Waals surface area contributed by atoms with Crippen LogP contribution in [0.15, 0.2) is 30.5 Å². The molecule has 2 rings (SSSR count). The number of ether oxygens (including phenoxy) is 1. The van der Waals surface area contributed by atoms with Crippen LogP contribution in [0.3, 0.4) is 0 Å². The molecule has 0 N–H and O–H groups in total. The minimum Gasteiger partial charge on any atom is -0.495 e. The first-order chi connectivity index (χ1) is 7.22. The SMILES string of the molecule is COc1ccc(-c2ccnn2C)cc1Cl. The lowest BCUT2D eigenvalue weighted by molar-refractivity contribution is 0.415. The molecule has 1 aromatic heterocycles. The minimum atomic E-state index is 0.608. The third-order valence-electron chi connectivity index (χ3n) is 2.27. The number of nitrogens with zero attached hydrogens (tertiary/aromatic N) is 2. The molecule has 0 spiro atoms. The van der Waals surface area contributed by atoms with Gasteiger partial charge in [-0.3, -0.25) is 4.68 Å². The molecule has 0 aliphatic carbocycles. The van der Waals surface area contributed by atoms with Crippen molar-refractivity contribution >= 4 is 11.6 Å². The smallest absolute Gasteiger partial charge is 0.137 e. The van der Waals surface area contributed by atoms with Crippen LogP contribution in [-0.2, 0) is 7.05 Å². The molecule has 1 aromatic carbocycles. The molecular weight excluding hydrogens is 212 g/mol. The van der Waals surface area contributed by atoms with Crippen LogP contribution in [0.5, 0.6) is 5.75 Å². The maximum atomic E-state index is 6.04. The summed E-state index contributed by atoms with van der Waals surface area (Å²) in [5, 5.41) is 4.72.